The minimum atomic E-state index is -0.137. The zero-order chi connectivity index (χ0) is 37.5. The van der Waals surface area contributed by atoms with E-state index in [1.807, 2.05) is 0 Å². The lowest BCUT2D eigenvalue weighted by molar-refractivity contribution is 0.657. The van der Waals surface area contributed by atoms with Gasteiger partial charge in [0.2, 0.25) is 0 Å². The number of hydrogen-bond acceptors (Lipinski definition) is 2. The summed E-state index contributed by atoms with van der Waals surface area (Å²) in [6.07, 6.45) is 0. The zero-order valence-corrected chi connectivity index (χ0v) is 31.9. The third kappa shape index (κ3) is 4.11. The predicted octanol–water partition coefficient (Wildman–Crippen LogP) is 15.1. The van der Waals surface area contributed by atoms with Crippen molar-refractivity contribution in [2.45, 2.75) is 38.5 Å². The van der Waals surface area contributed by atoms with Crippen LogP contribution in [0.25, 0.3) is 76.5 Å². The second-order valence-electron chi connectivity index (χ2n) is 16.9. The Balaban J connectivity index is 1.16. The lowest BCUT2D eigenvalue weighted by Gasteiger charge is -2.29. The van der Waals surface area contributed by atoms with Gasteiger partial charge in [-0.3, -0.25) is 0 Å². The van der Waals surface area contributed by atoms with Gasteiger partial charge in [0.25, 0.3) is 0 Å². The highest BCUT2D eigenvalue weighted by molar-refractivity contribution is 6.26. The third-order valence-corrected chi connectivity index (χ3v) is 13.2. The van der Waals surface area contributed by atoms with Gasteiger partial charge in [-0.15, -0.1) is 0 Å². The molecule has 12 rings (SSSR count). The Bertz CT molecular complexity index is 3290. The SMILES string of the molecule is CC1(C)c2ccccc2-c2ccc(N(c3ccc4c5ccccc5c5ccccc5c4c3)c3cccc4oc5cc6c(cc5c34)C(C)(C)c3ccccc3-6)cc21. The van der Waals surface area contributed by atoms with Gasteiger partial charge in [0.05, 0.1) is 11.1 Å². The van der Waals surface area contributed by atoms with E-state index >= 15 is 0 Å². The number of anilines is 3. The first-order valence-electron chi connectivity index (χ1n) is 19.8. The summed E-state index contributed by atoms with van der Waals surface area (Å²) >= 11 is 0. The highest BCUT2D eigenvalue weighted by Crippen LogP contribution is 2.54. The molecule has 9 aromatic carbocycles. The molecule has 0 amide bonds. The number of nitrogens with zero attached hydrogens (tertiary/aromatic N) is 1. The number of rotatable bonds is 3. The van der Waals surface area contributed by atoms with Crippen molar-refractivity contribution < 1.29 is 4.42 Å². The van der Waals surface area contributed by atoms with E-state index in [0.717, 1.165) is 39.0 Å². The average molecular weight is 718 g/mol. The van der Waals surface area contributed by atoms with Crippen LogP contribution >= 0.6 is 0 Å². The van der Waals surface area contributed by atoms with Crippen molar-refractivity contribution in [3.8, 4) is 22.3 Å². The van der Waals surface area contributed by atoms with Crippen LogP contribution in [-0.2, 0) is 10.8 Å². The molecule has 0 saturated carbocycles. The van der Waals surface area contributed by atoms with E-state index in [2.05, 4.69) is 196 Å². The molecule has 1 aromatic heterocycles. The Morgan fingerprint density at radius 1 is 0.357 bits per heavy atom. The van der Waals surface area contributed by atoms with E-state index in [1.165, 1.54) is 76.8 Å². The predicted molar refractivity (Wildman–Crippen MR) is 236 cm³/mol. The van der Waals surface area contributed by atoms with E-state index in [0.29, 0.717) is 0 Å². The monoisotopic (exact) mass is 717 g/mol. The minimum absolute atomic E-state index is 0.124. The number of furan rings is 1. The molecule has 0 atom stereocenters. The largest absolute Gasteiger partial charge is 0.456 e. The first-order valence-corrected chi connectivity index (χ1v) is 19.8. The van der Waals surface area contributed by atoms with Crippen LogP contribution in [0.1, 0.15) is 49.9 Å². The Morgan fingerprint density at radius 3 is 1.55 bits per heavy atom. The Hall–Kier alpha value is -6.64. The van der Waals surface area contributed by atoms with Crippen molar-refractivity contribution in [1.82, 2.24) is 0 Å². The van der Waals surface area contributed by atoms with Crippen molar-refractivity contribution in [1.29, 1.82) is 0 Å². The highest BCUT2D eigenvalue weighted by atomic mass is 16.3. The zero-order valence-electron chi connectivity index (χ0n) is 31.9. The molecule has 0 aliphatic heterocycles. The molecule has 2 aliphatic rings. The lowest BCUT2D eigenvalue weighted by Crippen LogP contribution is -2.16. The normalized spacial score (nSPS) is 14.7. The summed E-state index contributed by atoms with van der Waals surface area (Å²) in [6.45, 7) is 9.44. The van der Waals surface area contributed by atoms with Gasteiger partial charge in [-0.25, -0.2) is 0 Å². The van der Waals surface area contributed by atoms with Gasteiger partial charge >= 0.3 is 0 Å². The Labute approximate surface area is 326 Å². The van der Waals surface area contributed by atoms with Gasteiger partial charge in [-0.2, -0.15) is 0 Å². The smallest absolute Gasteiger partial charge is 0.137 e. The van der Waals surface area contributed by atoms with Crippen LogP contribution in [0, 0.1) is 0 Å². The lowest BCUT2D eigenvalue weighted by atomic mass is 9.82. The molecule has 0 unspecified atom stereocenters. The summed E-state index contributed by atoms with van der Waals surface area (Å²) in [6, 6.07) is 60.8. The number of hydrogen-bond donors (Lipinski definition) is 0. The highest BCUT2D eigenvalue weighted by Gasteiger charge is 2.38. The Kier molecular flexibility index (Phi) is 6.22. The minimum Gasteiger partial charge on any atom is -0.456 e. The second-order valence-corrected chi connectivity index (χ2v) is 16.9. The van der Waals surface area contributed by atoms with Crippen molar-refractivity contribution in [3.63, 3.8) is 0 Å². The van der Waals surface area contributed by atoms with Crippen LogP contribution in [0.4, 0.5) is 17.1 Å². The molecule has 0 saturated heterocycles. The van der Waals surface area contributed by atoms with E-state index in [4.69, 9.17) is 4.42 Å². The average Bonchev–Trinajstić information content (AvgIpc) is 3.80. The maximum absolute atomic E-state index is 6.82. The first kappa shape index (κ1) is 31.7. The van der Waals surface area contributed by atoms with Crippen molar-refractivity contribution in [2.24, 2.45) is 0 Å². The summed E-state index contributed by atoms with van der Waals surface area (Å²) < 4.78 is 6.82. The topological polar surface area (TPSA) is 16.4 Å². The number of benzene rings is 9. The summed E-state index contributed by atoms with van der Waals surface area (Å²) in [7, 11) is 0. The van der Waals surface area contributed by atoms with Gasteiger partial charge in [0.1, 0.15) is 11.2 Å². The van der Waals surface area contributed by atoms with Crippen LogP contribution in [0.3, 0.4) is 0 Å². The Morgan fingerprint density at radius 2 is 0.875 bits per heavy atom. The molecule has 1 heterocycles. The molecule has 0 radical (unpaired) electrons. The summed E-state index contributed by atoms with van der Waals surface area (Å²) in [5.74, 6) is 0. The molecule has 0 fully saturated rings. The maximum atomic E-state index is 6.82. The quantitative estimate of drug-likeness (QED) is 0.169. The summed E-state index contributed by atoms with van der Waals surface area (Å²) in [4.78, 5) is 2.48. The van der Waals surface area contributed by atoms with E-state index < -0.39 is 0 Å². The van der Waals surface area contributed by atoms with Gasteiger partial charge in [0, 0.05) is 27.6 Å². The molecule has 0 bridgehead atoms. The molecular weight excluding hydrogens is 679 g/mol. The van der Waals surface area contributed by atoms with E-state index in [1.54, 1.807) is 0 Å². The van der Waals surface area contributed by atoms with Crippen molar-refractivity contribution >= 4 is 71.3 Å². The van der Waals surface area contributed by atoms with Crippen molar-refractivity contribution in [2.75, 3.05) is 4.90 Å². The fourth-order valence-electron chi connectivity index (χ4n) is 10.5. The molecule has 2 nitrogen and oxygen atoms in total. The molecule has 56 heavy (non-hydrogen) atoms. The van der Waals surface area contributed by atoms with Gasteiger partial charge < -0.3 is 9.32 Å². The molecule has 10 aromatic rings. The molecule has 2 heteroatoms. The van der Waals surface area contributed by atoms with Crippen molar-refractivity contribution in [3.05, 3.63) is 186 Å². The molecular formula is C54H39NO. The van der Waals surface area contributed by atoms with Gasteiger partial charge in [-0.05, 0) is 125 Å². The van der Waals surface area contributed by atoms with Gasteiger partial charge in [-0.1, -0.05) is 143 Å². The first-order chi connectivity index (χ1) is 27.3. The van der Waals surface area contributed by atoms with E-state index in [9.17, 15) is 0 Å². The molecule has 2 aliphatic carbocycles. The summed E-state index contributed by atoms with van der Waals surface area (Å²) in [5.41, 5.74) is 15.5. The fourth-order valence-corrected chi connectivity index (χ4v) is 10.5. The van der Waals surface area contributed by atoms with Crippen LogP contribution in [0.5, 0.6) is 0 Å². The third-order valence-electron chi connectivity index (χ3n) is 13.2. The second kappa shape index (κ2) is 11.0. The van der Waals surface area contributed by atoms with Crippen LogP contribution in [-0.4, -0.2) is 0 Å². The van der Waals surface area contributed by atoms with Crippen LogP contribution in [0.2, 0.25) is 0 Å². The molecule has 0 N–H and O–H groups in total. The van der Waals surface area contributed by atoms with E-state index in [-0.39, 0.29) is 10.8 Å². The molecule has 266 valence electrons. The van der Waals surface area contributed by atoms with Gasteiger partial charge in [0.15, 0.2) is 0 Å². The number of fused-ring (bicyclic) bond motifs is 15. The summed E-state index contributed by atoms with van der Waals surface area (Å²) in [5, 5.41) is 9.88. The van der Waals surface area contributed by atoms with Crippen LogP contribution in [0.15, 0.2) is 168 Å². The maximum Gasteiger partial charge on any atom is 0.137 e. The molecule has 0 spiro atoms. The standard InChI is InChI=1S/C54H39NO/c1-53(2)45-20-11-9-18-39(45)41-27-25-33(29-47(41)53)55(32-24-26-38-36-16-6-5-14-34(36)35-15-7-8-17-37(35)42(38)28-32)49-22-13-23-50-52(49)44-30-48-43(31-51(44)56-50)40-19-10-12-21-46(40)54(48,3)4/h5-31H,1-4H3. The van der Waals surface area contributed by atoms with Crippen LogP contribution < -0.4 is 4.90 Å². The fraction of sp³-hybridized carbons (Fsp3) is 0.111.